The van der Waals surface area contributed by atoms with Crippen LogP contribution in [-0.2, 0) is 24.1 Å². The van der Waals surface area contributed by atoms with Crippen molar-refractivity contribution in [2.24, 2.45) is 0 Å². The van der Waals surface area contributed by atoms with Crippen molar-refractivity contribution in [3.05, 3.63) is 11.6 Å². The lowest BCUT2D eigenvalue weighted by molar-refractivity contribution is -0.151. The first-order valence-electron chi connectivity index (χ1n) is 5.61. The fourth-order valence-electron chi connectivity index (χ4n) is 1.93. The molecule has 1 aromatic rings. The lowest BCUT2D eigenvalue weighted by Gasteiger charge is -2.32. The van der Waals surface area contributed by atoms with Crippen LogP contribution in [0.15, 0.2) is 0 Å². The van der Waals surface area contributed by atoms with Crippen LogP contribution in [0.5, 0.6) is 0 Å². The molecule has 2 rings (SSSR count). The second-order valence-electron chi connectivity index (χ2n) is 4.87. The van der Waals surface area contributed by atoms with Gasteiger partial charge in [-0.25, -0.2) is 0 Å². The van der Waals surface area contributed by atoms with Crippen molar-refractivity contribution >= 4 is 5.91 Å². The molecule has 106 valence electrons. The summed E-state index contributed by atoms with van der Waals surface area (Å²) in [6, 6.07) is 0. The van der Waals surface area contributed by atoms with Gasteiger partial charge in [0.1, 0.15) is 5.60 Å². The number of fused-ring (bicyclic) bond motifs is 1. The standard InChI is InChI=1S/C10H13F3N4O2/c1-9(2,19)8(18)16-3-4-17-6(5-16)14-15-7(17)10(11,12)13/h19H,3-5H2,1-2H3. The van der Waals surface area contributed by atoms with Crippen molar-refractivity contribution in [3.63, 3.8) is 0 Å². The Morgan fingerprint density at radius 3 is 2.42 bits per heavy atom. The van der Waals surface area contributed by atoms with Gasteiger partial charge in [0.2, 0.25) is 5.82 Å². The van der Waals surface area contributed by atoms with Crippen molar-refractivity contribution in [1.29, 1.82) is 0 Å². The first-order valence-corrected chi connectivity index (χ1v) is 5.61. The highest BCUT2D eigenvalue weighted by atomic mass is 19.4. The normalized spacial score (nSPS) is 16.4. The van der Waals surface area contributed by atoms with E-state index in [0.717, 1.165) is 4.57 Å². The highest BCUT2D eigenvalue weighted by molar-refractivity contribution is 5.84. The summed E-state index contributed by atoms with van der Waals surface area (Å²) in [5.74, 6) is -1.54. The molecule has 1 aliphatic rings. The van der Waals surface area contributed by atoms with E-state index in [0.29, 0.717) is 0 Å². The number of alkyl halides is 3. The SMILES string of the molecule is CC(C)(O)C(=O)N1CCn2c(nnc2C(F)(F)F)C1. The van der Waals surface area contributed by atoms with E-state index < -0.39 is 23.5 Å². The zero-order chi connectivity index (χ0) is 14.4. The van der Waals surface area contributed by atoms with E-state index in [1.54, 1.807) is 0 Å². The molecule has 0 saturated heterocycles. The summed E-state index contributed by atoms with van der Waals surface area (Å²) >= 11 is 0. The van der Waals surface area contributed by atoms with Crippen LogP contribution in [-0.4, -0.2) is 42.8 Å². The van der Waals surface area contributed by atoms with E-state index >= 15 is 0 Å². The van der Waals surface area contributed by atoms with Crippen molar-refractivity contribution in [3.8, 4) is 0 Å². The number of rotatable bonds is 1. The summed E-state index contributed by atoms with van der Waals surface area (Å²) in [6.45, 7) is 2.60. The van der Waals surface area contributed by atoms with Gasteiger partial charge in [-0.1, -0.05) is 0 Å². The van der Waals surface area contributed by atoms with E-state index in [-0.39, 0.29) is 25.5 Å². The first-order chi connectivity index (χ1) is 8.60. The predicted octanol–water partition coefficient (Wildman–Crippen LogP) is 0.410. The Morgan fingerprint density at radius 1 is 1.26 bits per heavy atom. The highest BCUT2D eigenvalue weighted by Gasteiger charge is 2.40. The summed E-state index contributed by atoms with van der Waals surface area (Å²) in [7, 11) is 0. The van der Waals surface area contributed by atoms with Crippen molar-refractivity contribution < 1.29 is 23.1 Å². The third kappa shape index (κ3) is 2.55. The molecule has 0 saturated carbocycles. The van der Waals surface area contributed by atoms with Crippen LogP contribution in [0.2, 0.25) is 0 Å². The number of carbonyl (C=O) groups is 1. The quantitative estimate of drug-likeness (QED) is 0.807. The number of hydrogen-bond acceptors (Lipinski definition) is 4. The Kier molecular flexibility index (Phi) is 3.04. The molecule has 0 radical (unpaired) electrons. The van der Waals surface area contributed by atoms with Gasteiger partial charge in [0.25, 0.3) is 5.91 Å². The molecular weight excluding hydrogens is 265 g/mol. The lowest BCUT2D eigenvalue weighted by atomic mass is 10.1. The Hall–Kier alpha value is -1.64. The number of hydrogen-bond donors (Lipinski definition) is 1. The monoisotopic (exact) mass is 278 g/mol. The van der Waals surface area contributed by atoms with Gasteiger partial charge in [-0.15, -0.1) is 10.2 Å². The fraction of sp³-hybridized carbons (Fsp3) is 0.700. The van der Waals surface area contributed by atoms with Crippen LogP contribution in [0.1, 0.15) is 25.5 Å². The molecule has 0 unspecified atom stereocenters. The molecule has 1 aliphatic heterocycles. The van der Waals surface area contributed by atoms with Crippen LogP contribution in [0.25, 0.3) is 0 Å². The van der Waals surface area contributed by atoms with E-state index in [2.05, 4.69) is 10.2 Å². The maximum Gasteiger partial charge on any atom is 0.451 e. The molecule has 2 heterocycles. The third-order valence-electron chi connectivity index (χ3n) is 2.82. The molecule has 0 atom stereocenters. The first kappa shape index (κ1) is 13.8. The van der Waals surface area contributed by atoms with Gasteiger partial charge in [0, 0.05) is 13.1 Å². The molecular formula is C10H13F3N4O2. The smallest absolute Gasteiger partial charge is 0.381 e. The second kappa shape index (κ2) is 4.19. The number of aromatic nitrogens is 3. The van der Waals surface area contributed by atoms with Gasteiger partial charge in [-0.3, -0.25) is 4.79 Å². The highest BCUT2D eigenvalue weighted by Crippen LogP contribution is 2.29. The summed E-state index contributed by atoms with van der Waals surface area (Å²) in [5, 5.41) is 16.2. The molecule has 1 amide bonds. The molecule has 9 heteroatoms. The van der Waals surface area contributed by atoms with E-state index in [1.807, 2.05) is 0 Å². The summed E-state index contributed by atoms with van der Waals surface area (Å²) in [5.41, 5.74) is -1.56. The van der Waals surface area contributed by atoms with Gasteiger partial charge in [-0.05, 0) is 13.8 Å². The third-order valence-corrected chi connectivity index (χ3v) is 2.82. The number of nitrogens with zero attached hydrogens (tertiary/aromatic N) is 4. The molecule has 0 fully saturated rings. The number of carbonyl (C=O) groups excluding carboxylic acids is 1. The minimum Gasteiger partial charge on any atom is -0.381 e. The minimum absolute atomic E-state index is 0.0427. The van der Waals surface area contributed by atoms with Gasteiger partial charge in [-0.2, -0.15) is 13.2 Å². The largest absolute Gasteiger partial charge is 0.451 e. The second-order valence-corrected chi connectivity index (χ2v) is 4.87. The summed E-state index contributed by atoms with van der Waals surface area (Å²) in [6.07, 6.45) is -4.56. The van der Waals surface area contributed by atoms with Crippen LogP contribution in [0.4, 0.5) is 13.2 Å². The van der Waals surface area contributed by atoms with Crippen LogP contribution >= 0.6 is 0 Å². The average molecular weight is 278 g/mol. The summed E-state index contributed by atoms with van der Waals surface area (Å²) < 4.78 is 38.8. The van der Waals surface area contributed by atoms with Crippen LogP contribution < -0.4 is 0 Å². The topological polar surface area (TPSA) is 71.2 Å². The minimum atomic E-state index is -4.56. The van der Waals surface area contributed by atoms with Crippen LogP contribution in [0, 0.1) is 0 Å². The van der Waals surface area contributed by atoms with Gasteiger partial charge in [0.05, 0.1) is 6.54 Å². The van der Waals surface area contributed by atoms with Gasteiger partial charge in [0.15, 0.2) is 5.82 Å². The van der Waals surface area contributed by atoms with E-state index in [4.69, 9.17) is 0 Å². The van der Waals surface area contributed by atoms with Gasteiger partial charge >= 0.3 is 6.18 Å². The molecule has 0 aliphatic carbocycles. The molecule has 1 aromatic heterocycles. The van der Waals surface area contributed by atoms with Gasteiger partial charge < -0.3 is 14.6 Å². The Balaban J connectivity index is 2.23. The number of halogens is 3. The van der Waals surface area contributed by atoms with E-state index in [9.17, 15) is 23.1 Å². The Morgan fingerprint density at radius 2 is 1.89 bits per heavy atom. The number of amides is 1. The number of aliphatic hydroxyl groups is 1. The zero-order valence-corrected chi connectivity index (χ0v) is 10.4. The van der Waals surface area contributed by atoms with E-state index in [1.165, 1.54) is 18.7 Å². The lowest BCUT2D eigenvalue weighted by Crippen LogP contribution is -2.48. The molecule has 0 aromatic carbocycles. The molecule has 0 spiro atoms. The van der Waals surface area contributed by atoms with Crippen LogP contribution in [0.3, 0.4) is 0 Å². The summed E-state index contributed by atoms with van der Waals surface area (Å²) in [4.78, 5) is 13.1. The van der Waals surface area contributed by atoms with Crippen molar-refractivity contribution in [2.75, 3.05) is 6.54 Å². The molecule has 6 nitrogen and oxygen atoms in total. The van der Waals surface area contributed by atoms with Crippen molar-refractivity contribution in [1.82, 2.24) is 19.7 Å². The molecule has 0 bridgehead atoms. The zero-order valence-electron chi connectivity index (χ0n) is 10.4. The van der Waals surface area contributed by atoms with Crippen molar-refractivity contribution in [2.45, 2.75) is 38.7 Å². The Labute approximate surface area is 106 Å². The fourth-order valence-corrected chi connectivity index (χ4v) is 1.93. The Bertz CT molecular complexity index is 504. The maximum absolute atomic E-state index is 12.6. The average Bonchev–Trinajstić information content (AvgIpc) is 2.68. The maximum atomic E-state index is 12.6. The molecule has 1 N–H and O–H groups in total. The predicted molar refractivity (Wildman–Crippen MR) is 56.7 cm³/mol. The molecule has 19 heavy (non-hydrogen) atoms.